The van der Waals surface area contributed by atoms with E-state index in [1.807, 2.05) is 12.1 Å². The maximum atomic E-state index is 11.1. The second-order valence-corrected chi connectivity index (χ2v) is 5.00. The van der Waals surface area contributed by atoms with E-state index in [0.29, 0.717) is 25.8 Å². The third-order valence-corrected chi connectivity index (χ3v) is 3.43. The predicted molar refractivity (Wildman–Crippen MR) is 77.0 cm³/mol. The average Bonchev–Trinajstić information content (AvgIpc) is 2.92. The minimum absolute atomic E-state index is 0.0699. The molecule has 110 valence electrons. The summed E-state index contributed by atoms with van der Waals surface area (Å²) in [6.45, 7) is 3.16. The molecule has 1 atom stereocenters. The number of carbonyl (C=O) groups is 1. The number of fused-ring (bicyclic) bond motifs is 1. The molecular weight excluding hydrogens is 256 g/mol. The first-order chi connectivity index (χ1) is 9.69. The van der Waals surface area contributed by atoms with Gasteiger partial charge in [-0.15, -0.1) is 0 Å². The first kappa shape index (κ1) is 14.7. The summed E-state index contributed by atoms with van der Waals surface area (Å²) < 4.78 is 10.7. The van der Waals surface area contributed by atoms with Gasteiger partial charge in [0, 0.05) is 26.1 Å². The van der Waals surface area contributed by atoms with Crippen LogP contribution in [0.3, 0.4) is 0 Å². The molecule has 5 nitrogen and oxygen atoms in total. The minimum Gasteiger partial charge on any atom is -0.454 e. The third kappa shape index (κ3) is 4.13. The van der Waals surface area contributed by atoms with E-state index in [-0.39, 0.29) is 5.91 Å². The summed E-state index contributed by atoms with van der Waals surface area (Å²) in [5.41, 5.74) is 1.24. The molecule has 1 unspecified atom stereocenters. The normalized spacial score (nSPS) is 14.1. The fraction of sp³-hybridized carbons (Fsp3) is 0.533. The number of amides is 1. The Labute approximate surface area is 119 Å². The molecule has 2 N–H and O–H groups in total. The quantitative estimate of drug-likeness (QED) is 0.793. The molecule has 0 radical (unpaired) electrons. The van der Waals surface area contributed by atoms with Crippen LogP contribution in [-0.2, 0) is 11.2 Å². The van der Waals surface area contributed by atoms with Crippen molar-refractivity contribution in [2.24, 2.45) is 0 Å². The predicted octanol–water partition coefficient (Wildman–Crippen LogP) is 1.46. The second kappa shape index (κ2) is 7.14. The van der Waals surface area contributed by atoms with Gasteiger partial charge < -0.3 is 20.1 Å². The van der Waals surface area contributed by atoms with E-state index in [9.17, 15) is 4.79 Å². The number of carbonyl (C=O) groups excluding carboxylic acids is 1. The monoisotopic (exact) mass is 278 g/mol. The average molecular weight is 278 g/mol. The molecule has 0 bridgehead atoms. The van der Waals surface area contributed by atoms with Gasteiger partial charge in [0.1, 0.15) is 0 Å². The molecule has 0 aromatic heterocycles. The summed E-state index contributed by atoms with van der Waals surface area (Å²) in [5, 5.41) is 5.97. The van der Waals surface area contributed by atoms with Gasteiger partial charge in [-0.2, -0.15) is 0 Å². The van der Waals surface area contributed by atoms with E-state index < -0.39 is 0 Å². The molecule has 2 rings (SSSR count). The Kier molecular flexibility index (Phi) is 5.24. The number of benzene rings is 1. The zero-order valence-corrected chi connectivity index (χ0v) is 12.1. The summed E-state index contributed by atoms with van der Waals surface area (Å²) in [6.07, 6.45) is 2.52. The topological polar surface area (TPSA) is 59.6 Å². The smallest absolute Gasteiger partial charge is 0.231 e. The van der Waals surface area contributed by atoms with Gasteiger partial charge in [0.2, 0.25) is 12.7 Å². The molecule has 1 aliphatic heterocycles. The number of nitrogens with one attached hydrogen (secondary N) is 2. The Morgan fingerprint density at radius 3 is 2.95 bits per heavy atom. The van der Waals surface area contributed by atoms with Crippen LogP contribution in [-0.4, -0.2) is 32.3 Å². The molecule has 1 aromatic carbocycles. The first-order valence-corrected chi connectivity index (χ1v) is 7.01. The van der Waals surface area contributed by atoms with Crippen molar-refractivity contribution in [3.63, 3.8) is 0 Å². The molecule has 1 heterocycles. The Morgan fingerprint density at radius 1 is 1.35 bits per heavy atom. The SMILES string of the molecule is CNC(=O)CCNC(C)CCc1ccc2c(c1)OCO2. The highest BCUT2D eigenvalue weighted by atomic mass is 16.7. The lowest BCUT2D eigenvalue weighted by atomic mass is 10.1. The highest BCUT2D eigenvalue weighted by Crippen LogP contribution is 2.32. The molecule has 1 amide bonds. The fourth-order valence-electron chi connectivity index (χ4n) is 2.14. The zero-order chi connectivity index (χ0) is 14.4. The van der Waals surface area contributed by atoms with Gasteiger partial charge in [-0.1, -0.05) is 6.07 Å². The van der Waals surface area contributed by atoms with Gasteiger partial charge in [0.15, 0.2) is 11.5 Å². The molecule has 20 heavy (non-hydrogen) atoms. The molecule has 0 saturated heterocycles. The molecule has 0 fully saturated rings. The van der Waals surface area contributed by atoms with Gasteiger partial charge in [0.25, 0.3) is 0 Å². The van der Waals surface area contributed by atoms with Crippen molar-refractivity contribution >= 4 is 5.91 Å². The van der Waals surface area contributed by atoms with E-state index in [4.69, 9.17) is 9.47 Å². The van der Waals surface area contributed by atoms with Crippen molar-refractivity contribution < 1.29 is 14.3 Å². The van der Waals surface area contributed by atoms with Crippen LogP contribution in [0.1, 0.15) is 25.3 Å². The highest BCUT2D eigenvalue weighted by molar-refractivity contribution is 5.75. The summed E-state index contributed by atoms with van der Waals surface area (Å²) in [7, 11) is 1.66. The summed E-state index contributed by atoms with van der Waals surface area (Å²) in [6, 6.07) is 6.45. The summed E-state index contributed by atoms with van der Waals surface area (Å²) >= 11 is 0. The summed E-state index contributed by atoms with van der Waals surface area (Å²) in [4.78, 5) is 11.1. The lowest BCUT2D eigenvalue weighted by Crippen LogP contribution is -2.31. The molecule has 0 saturated carbocycles. The number of aryl methyl sites for hydroxylation is 1. The second-order valence-electron chi connectivity index (χ2n) is 5.00. The zero-order valence-electron chi connectivity index (χ0n) is 12.1. The molecule has 0 spiro atoms. The number of hydrogen-bond acceptors (Lipinski definition) is 4. The van der Waals surface area contributed by atoms with E-state index in [1.165, 1.54) is 5.56 Å². The Balaban J connectivity index is 1.70. The number of hydrogen-bond donors (Lipinski definition) is 2. The van der Waals surface area contributed by atoms with Crippen LogP contribution in [0, 0.1) is 0 Å². The lowest BCUT2D eigenvalue weighted by molar-refractivity contribution is -0.120. The Morgan fingerprint density at radius 2 is 2.15 bits per heavy atom. The Bertz CT molecular complexity index is 462. The standard InChI is InChI=1S/C15H22N2O3/c1-11(17-8-7-15(18)16-2)3-4-12-5-6-13-14(9-12)20-10-19-13/h5-6,9,11,17H,3-4,7-8,10H2,1-2H3,(H,16,18). The summed E-state index contributed by atoms with van der Waals surface area (Å²) in [5.74, 6) is 1.73. The highest BCUT2D eigenvalue weighted by Gasteiger charge is 2.13. The van der Waals surface area contributed by atoms with Crippen LogP contribution < -0.4 is 20.1 Å². The van der Waals surface area contributed by atoms with Crippen LogP contribution in [0.15, 0.2) is 18.2 Å². The van der Waals surface area contributed by atoms with Gasteiger partial charge in [0.05, 0.1) is 0 Å². The van der Waals surface area contributed by atoms with Crippen LogP contribution >= 0.6 is 0 Å². The van der Waals surface area contributed by atoms with Crippen molar-refractivity contribution in [3.05, 3.63) is 23.8 Å². The van der Waals surface area contributed by atoms with Crippen LogP contribution in [0.2, 0.25) is 0 Å². The van der Waals surface area contributed by atoms with E-state index in [0.717, 1.165) is 24.3 Å². The minimum atomic E-state index is 0.0699. The molecular formula is C15H22N2O3. The maximum absolute atomic E-state index is 11.1. The Hall–Kier alpha value is -1.75. The van der Waals surface area contributed by atoms with Crippen LogP contribution in [0.4, 0.5) is 0 Å². The van der Waals surface area contributed by atoms with Gasteiger partial charge in [-0.25, -0.2) is 0 Å². The third-order valence-electron chi connectivity index (χ3n) is 3.43. The molecule has 5 heteroatoms. The van der Waals surface area contributed by atoms with E-state index in [1.54, 1.807) is 7.05 Å². The van der Waals surface area contributed by atoms with Gasteiger partial charge >= 0.3 is 0 Å². The molecule has 0 aliphatic carbocycles. The van der Waals surface area contributed by atoms with Gasteiger partial charge in [-0.05, 0) is 37.5 Å². The molecule has 1 aliphatic rings. The first-order valence-electron chi connectivity index (χ1n) is 7.01. The van der Waals surface area contributed by atoms with Crippen molar-refractivity contribution in [2.45, 2.75) is 32.2 Å². The van der Waals surface area contributed by atoms with Gasteiger partial charge in [-0.3, -0.25) is 4.79 Å². The fourth-order valence-corrected chi connectivity index (χ4v) is 2.14. The van der Waals surface area contributed by atoms with E-state index >= 15 is 0 Å². The van der Waals surface area contributed by atoms with E-state index in [2.05, 4.69) is 23.6 Å². The van der Waals surface area contributed by atoms with Crippen molar-refractivity contribution in [1.82, 2.24) is 10.6 Å². The van der Waals surface area contributed by atoms with Crippen molar-refractivity contribution in [2.75, 3.05) is 20.4 Å². The van der Waals surface area contributed by atoms with Crippen molar-refractivity contribution in [3.8, 4) is 11.5 Å². The lowest BCUT2D eigenvalue weighted by Gasteiger charge is -2.13. The maximum Gasteiger partial charge on any atom is 0.231 e. The largest absolute Gasteiger partial charge is 0.454 e. The van der Waals surface area contributed by atoms with Crippen molar-refractivity contribution in [1.29, 1.82) is 0 Å². The van der Waals surface area contributed by atoms with Crippen LogP contribution in [0.5, 0.6) is 11.5 Å². The number of rotatable bonds is 7. The molecule has 1 aromatic rings. The van der Waals surface area contributed by atoms with Crippen LogP contribution in [0.25, 0.3) is 0 Å². The number of ether oxygens (including phenoxy) is 2.